The number of carboxylic acid groups (broad SMARTS) is 1. The molecule has 1 heterocycles. The Morgan fingerprint density at radius 1 is 1.37 bits per heavy atom. The molecule has 1 aromatic carbocycles. The molecule has 0 atom stereocenters. The van der Waals surface area contributed by atoms with Gasteiger partial charge < -0.3 is 9.84 Å². The van der Waals surface area contributed by atoms with Gasteiger partial charge in [0.15, 0.2) is 5.78 Å². The largest absolute Gasteiger partial charge is 0.487 e. The van der Waals surface area contributed by atoms with Crippen molar-refractivity contribution in [2.75, 3.05) is 0 Å². The molecule has 1 N–H and O–H groups in total. The Morgan fingerprint density at radius 3 is 2.63 bits per heavy atom. The molecular weight excluding hydrogens is 244 g/mol. The number of ether oxygens (including phenoxy) is 1. The van der Waals surface area contributed by atoms with Crippen molar-refractivity contribution in [2.45, 2.75) is 45.6 Å². The lowest BCUT2D eigenvalue weighted by atomic mass is 9.95. The molecule has 0 bridgehead atoms. The monoisotopic (exact) mass is 262 g/mol. The summed E-state index contributed by atoms with van der Waals surface area (Å²) in [6.07, 6.45) is 0.985. The Kier molecular flexibility index (Phi) is 3.35. The standard InChI is InChI=1S/C15H18O4/c1-4-12(16)9-5-10(7-13(17)18)14-11(6-9)8-15(2,3)19-14/h5-6H,4,7-8H2,1-3H3,(H,17,18). The van der Waals surface area contributed by atoms with Gasteiger partial charge in [-0.25, -0.2) is 0 Å². The third-order valence-electron chi connectivity index (χ3n) is 3.22. The summed E-state index contributed by atoms with van der Waals surface area (Å²) in [6.45, 7) is 5.71. The zero-order valence-electron chi connectivity index (χ0n) is 11.4. The fraction of sp³-hybridized carbons (Fsp3) is 0.467. The molecule has 0 spiro atoms. The van der Waals surface area contributed by atoms with E-state index in [1.165, 1.54) is 0 Å². The van der Waals surface area contributed by atoms with Crippen molar-refractivity contribution in [3.8, 4) is 5.75 Å². The van der Waals surface area contributed by atoms with Crippen LogP contribution in [0.15, 0.2) is 12.1 Å². The molecule has 1 aromatic rings. The summed E-state index contributed by atoms with van der Waals surface area (Å²) >= 11 is 0. The quantitative estimate of drug-likeness (QED) is 0.847. The van der Waals surface area contributed by atoms with Crippen LogP contribution in [0.2, 0.25) is 0 Å². The van der Waals surface area contributed by atoms with Gasteiger partial charge in [0.25, 0.3) is 0 Å². The molecule has 0 unspecified atom stereocenters. The molecule has 0 aliphatic carbocycles. The van der Waals surface area contributed by atoms with Crippen LogP contribution < -0.4 is 4.74 Å². The van der Waals surface area contributed by atoms with Crippen molar-refractivity contribution >= 4 is 11.8 Å². The van der Waals surface area contributed by atoms with Crippen LogP contribution in [-0.4, -0.2) is 22.5 Å². The molecule has 0 fully saturated rings. The maximum Gasteiger partial charge on any atom is 0.307 e. The second-order valence-electron chi connectivity index (χ2n) is 5.51. The minimum absolute atomic E-state index is 0.0270. The molecule has 19 heavy (non-hydrogen) atoms. The van der Waals surface area contributed by atoms with Crippen LogP contribution in [-0.2, 0) is 17.6 Å². The minimum Gasteiger partial charge on any atom is -0.487 e. The Labute approximate surface area is 112 Å². The van der Waals surface area contributed by atoms with Gasteiger partial charge in [-0.05, 0) is 31.5 Å². The summed E-state index contributed by atoms with van der Waals surface area (Å²) in [5, 5.41) is 8.97. The van der Waals surface area contributed by atoms with Gasteiger partial charge in [0, 0.05) is 24.0 Å². The number of rotatable bonds is 4. The summed E-state index contributed by atoms with van der Waals surface area (Å²) in [7, 11) is 0. The van der Waals surface area contributed by atoms with Gasteiger partial charge in [-0.15, -0.1) is 0 Å². The van der Waals surface area contributed by atoms with E-state index in [1.54, 1.807) is 13.0 Å². The molecule has 4 nitrogen and oxygen atoms in total. The van der Waals surface area contributed by atoms with Gasteiger partial charge in [-0.3, -0.25) is 9.59 Å². The number of Topliss-reactive ketones (excluding diaryl/α,β-unsaturated/α-hetero) is 1. The highest BCUT2D eigenvalue weighted by Gasteiger charge is 2.33. The molecule has 1 aliphatic rings. The highest BCUT2D eigenvalue weighted by molar-refractivity contribution is 5.96. The van der Waals surface area contributed by atoms with Crippen LogP contribution in [0.1, 0.15) is 48.7 Å². The van der Waals surface area contributed by atoms with Gasteiger partial charge in [0.1, 0.15) is 11.4 Å². The fourth-order valence-electron chi connectivity index (χ4n) is 2.45. The Morgan fingerprint density at radius 2 is 2.05 bits per heavy atom. The van der Waals surface area contributed by atoms with E-state index in [0.29, 0.717) is 29.7 Å². The van der Waals surface area contributed by atoms with E-state index < -0.39 is 5.97 Å². The highest BCUT2D eigenvalue weighted by atomic mass is 16.5. The lowest BCUT2D eigenvalue weighted by Gasteiger charge is -2.18. The van der Waals surface area contributed by atoms with E-state index in [2.05, 4.69) is 0 Å². The lowest BCUT2D eigenvalue weighted by Crippen LogP contribution is -2.25. The van der Waals surface area contributed by atoms with Crippen LogP contribution in [0, 0.1) is 0 Å². The van der Waals surface area contributed by atoms with E-state index in [1.807, 2.05) is 19.9 Å². The van der Waals surface area contributed by atoms with E-state index >= 15 is 0 Å². The Balaban J connectivity index is 2.50. The second kappa shape index (κ2) is 4.68. The van der Waals surface area contributed by atoms with Crippen LogP contribution >= 0.6 is 0 Å². The predicted octanol–water partition coefficient (Wildman–Crippen LogP) is 2.62. The average Bonchev–Trinajstić information content (AvgIpc) is 2.61. The number of carbonyl (C=O) groups excluding carboxylic acids is 1. The molecule has 0 saturated carbocycles. The number of hydrogen-bond acceptors (Lipinski definition) is 3. The maximum atomic E-state index is 11.8. The summed E-state index contributed by atoms with van der Waals surface area (Å²) < 4.78 is 5.82. The predicted molar refractivity (Wildman–Crippen MR) is 70.8 cm³/mol. The number of hydrogen-bond donors (Lipinski definition) is 1. The topological polar surface area (TPSA) is 63.6 Å². The second-order valence-corrected chi connectivity index (χ2v) is 5.51. The molecule has 2 rings (SSSR count). The number of fused-ring (bicyclic) bond motifs is 1. The first-order valence-electron chi connectivity index (χ1n) is 6.42. The zero-order chi connectivity index (χ0) is 14.2. The number of carboxylic acids is 1. The molecule has 4 heteroatoms. The molecule has 0 aromatic heterocycles. The zero-order valence-corrected chi connectivity index (χ0v) is 11.4. The van der Waals surface area contributed by atoms with Gasteiger partial charge >= 0.3 is 5.97 Å². The number of carbonyl (C=O) groups is 2. The van der Waals surface area contributed by atoms with Gasteiger partial charge in [0.05, 0.1) is 6.42 Å². The number of benzene rings is 1. The van der Waals surface area contributed by atoms with Crippen molar-refractivity contribution < 1.29 is 19.4 Å². The molecule has 0 saturated heterocycles. The summed E-state index contributed by atoms with van der Waals surface area (Å²) in [5.74, 6) is -0.254. The summed E-state index contributed by atoms with van der Waals surface area (Å²) in [6, 6.07) is 3.49. The van der Waals surface area contributed by atoms with E-state index in [-0.39, 0.29) is 17.8 Å². The van der Waals surface area contributed by atoms with Crippen LogP contribution in [0.4, 0.5) is 0 Å². The van der Waals surface area contributed by atoms with Crippen molar-refractivity contribution in [1.29, 1.82) is 0 Å². The first-order valence-corrected chi connectivity index (χ1v) is 6.42. The van der Waals surface area contributed by atoms with E-state index in [0.717, 1.165) is 5.56 Å². The molecule has 0 radical (unpaired) electrons. The van der Waals surface area contributed by atoms with Crippen molar-refractivity contribution in [2.24, 2.45) is 0 Å². The van der Waals surface area contributed by atoms with Crippen LogP contribution in [0.3, 0.4) is 0 Å². The normalized spacial score (nSPS) is 15.7. The third-order valence-corrected chi connectivity index (χ3v) is 3.22. The van der Waals surface area contributed by atoms with Crippen molar-refractivity contribution in [3.63, 3.8) is 0 Å². The molecular formula is C15H18O4. The molecule has 0 amide bonds. The summed E-state index contributed by atoms with van der Waals surface area (Å²) in [4.78, 5) is 22.8. The fourth-order valence-corrected chi connectivity index (χ4v) is 2.45. The molecule has 102 valence electrons. The third kappa shape index (κ3) is 2.78. The Bertz CT molecular complexity index is 543. The van der Waals surface area contributed by atoms with Gasteiger partial charge in [-0.1, -0.05) is 6.92 Å². The molecule has 1 aliphatic heterocycles. The number of ketones is 1. The SMILES string of the molecule is CCC(=O)c1cc(CC(=O)O)c2c(c1)CC(C)(C)O2. The van der Waals surface area contributed by atoms with Crippen molar-refractivity contribution in [1.82, 2.24) is 0 Å². The van der Waals surface area contributed by atoms with E-state index in [4.69, 9.17) is 9.84 Å². The first-order chi connectivity index (χ1) is 8.82. The Hall–Kier alpha value is -1.84. The first kappa shape index (κ1) is 13.6. The van der Waals surface area contributed by atoms with Crippen molar-refractivity contribution in [3.05, 3.63) is 28.8 Å². The lowest BCUT2D eigenvalue weighted by molar-refractivity contribution is -0.136. The average molecular weight is 262 g/mol. The van der Waals surface area contributed by atoms with Gasteiger partial charge in [-0.2, -0.15) is 0 Å². The smallest absolute Gasteiger partial charge is 0.307 e. The summed E-state index contributed by atoms with van der Waals surface area (Å²) in [5.41, 5.74) is 1.76. The van der Waals surface area contributed by atoms with Gasteiger partial charge in [0.2, 0.25) is 0 Å². The van der Waals surface area contributed by atoms with Crippen LogP contribution in [0.25, 0.3) is 0 Å². The van der Waals surface area contributed by atoms with Crippen LogP contribution in [0.5, 0.6) is 5.75 Å². The highest BCUT2D eigenvalue weighted by Crippen LogP contribution is 2.39. The van der Waals surface area contributed by atoms with E-state index in [9.17, 15) is 9.59 Å². The minimum atomic E-state index is -0.920. The number of aliphatic carboxylic acids is 1. The maximum absolute atomic E-state index is 11.8.